The van der Waals surface area contributed by atoms with Crippen LogP contribution in [0.4, 0.5) is 0 Å². The molecule has 5 nitrogen and oxygen atoms in total. The number of rotatable bonds is 10. The Morgan fingerprint density at radius 1 is 1.19 bits per heavy atom. The van der Waals surface area contributed by atoms with Crippen LogP contribution in [0, 0.1) is 0 Å². The monoisotopic (exact) mass is 367 g/mol. The van der Waals surface area contributed by atoms with Gasteiger partial charge in [-0.15, -0.1) is 0 Å². The maximum atomic E-state index is 9.84. The van der Waals surface area contributed by atoms with Gasteiger partial charge in [0, 0.05) is 32.8 Å². The minimum absolute atomic E-state index is 0.149. The van der Waals surface area contributed by atoms with E-state index >= 15 is 0 Å². The van der Waals surface area contributed by atoms with Crippen molar-refractivity contribution in [1.82, 2.24) is 4.90 Å². The Morgan fingerprint density at radius 3 is 2.65 bits per heavy atom. The van der Waals surface area contributed by atoms with E-state index in [4.69, 9.17) is 14.2 Å². The lowest BCUT2D eigenvalue weighted by Crippen LogP contribution is -2.46. The van der Waals surface area contributed by atoms with Gasteiger partial charge in [0.05, 0.1) is 19.3 Å². The molecule has 1 N–H and O–H groups in total. The summed E-state index contributed by atoms with van der Waals surface area (Å²) in [4.78, 5) is 2.45. The Kier molecular flexibility index (Phi) is 9.68. The number of β-amino-alcohol motifs (C(OH)–C–C–N with tert-alkyl or cyclic N) is 1. The summed E-state index contributed by atoms with van der Waals surface area (Å²) in [7, 11) is 3.36. The molecule has 2 aliphatic rings. The van der Waals surface area contributed by atoms with Crippen molar-refractivity contribution in [2.45, 2.75) is 70.1 Å². The third-order valence-corrected chi connectivity index (χ3v) is 5.54. The second kappa shape index (κ2) is 11.8. The van der Waals surface area contributed by atoms with Gasteiger partial charge >= 0.3 is 0 Å². The number of likely N-dealkylation sites (tertiary alicyclic amines) is 1. The van der Waals surface area contributed by atoms with Crippen molar-refractivity contribution in [2.75, 3.05) is 40.5 Å². The van der Waals surface area contributed by atoms with Crippen LogP contribution >= 0.6 is 0 Å². The van der Waals surface area contributed by atoms with Crippen molar-refractivity contribution in [2.24, 2.45) is 0 Å². The van der Waals surface area contributed by atoms with Gasteiger partial charge in [-0.1, -0.05) is 18.9 Å². The van der Waals surface area contributed by atoms with Crippen molar-refractivity contribution in [1.29, 1.82) is 0 Å². The van der Waals surface area contributed by atoms with Crippen molar-refractivity contribution in [3.63, 3.8) is 0 Å². The third-order valence-electron chi connectivity index (χ3n) is 5.54. The highest BCUT2D eigenvalue weighted by Gasteiger charge is 2.34. The smallest absolute Gasteiger partial charge is 0.121 e. The summed E-state index contributed by atoms with van der Waals surface area (Å²) in [5.41, 5.74) is 1.25. The summed E-state index contributed by atoms with van der Waals surface area (Å²) in [6, 6.07) is 0.490. The Hall–Kier alpha value is -0.880. The average molecular weight is 368 g/mol. The molecule has 0 radical (unpaired) electrons. The van der Waals surface area contributed by atoms with Crippen molar-refractivity contribution >= 4 is 0 Å². The lowest BCUT2D eigenvalue weighted by molar-refractivity contribution is -0.0333. The highest BCUT2D eigenvalue weighted by molar-refractivity contribution is 5.20. The van der Waals surface area contributed by atoms with Gasteiger partial charge in [-0.25, -0.2) is 0 Å². The zero-order chi connectivity index (χ0) is 18.8. The first-order chi connectivity index (χ1) is 12.7. The molecule has 0 spiro atoms. The number of allylic oxidation sites excluding steroid dienone is 3. The molecule has 5 heteroatoms. The molecule has 0 aromatic rings. The fourth-order valence-corrected chi connectivity index (χ4v) is 4.08. The van der Waals surface area contributed by atoms with Crippen LogP contribution in [0.2, 0.25) is 0 Å². The molecule has 1 heterocycles. The van der Waals surface area contributed by atoms with Crippen LogP contribution in [-0.4, -0.2) is 68.8 Å². The van der Waals surface area contributed by atoms with E-state index in [1.807, 2.05) is 0 Å². The van der Waals surface area contributed by atoms with Gasteiger partial charge < -0.3 is 19.3 Å². The third kappa shape index (κ3) is 6.69. The van der Waals surface area contributed by atoms with E-state index < -0.39 is 0 Å². The molecule has 3 atom stereocenters. The molecule has 1 aliphatic carbocycles. The zero-order valence-corrected chi connectivity index (χ0v) is 16.8. The van der Waals surface area contributed by atoms with Crippen LogP contribution in [0.1, 0.15) is 51.9 Å². The molecule has 1 saturated carbocycles. The lowest BCUT2D eigenvalue weighted by atomic mass is 9.91. The molecule has 150 valence electrons. The van der Waals surface area contributed by atoms with Crippen LogP contribution in [0.25, 0.3) is 0 Å². The minimum Gasteiger partial charge on any atom is -0.499 e. The van der Waals surface area contributed by atoms with Crippen molar-refractivity contribution in [3.05, 3.63) is 23.5 Å². The standard InChI is InChI=1S/C21H37NO4/c1-4-17(14-19(25-3)16-24-2)8-7-13-26-21-10-6-5-9-20(21)22-12-11-18(23)15-22/h4,14,18,20-21,23H,5-13,15-16H2,1-3H3/b17-4-,19-14+/t18?,20-,21?/m1/s1. The molecule has 0 amide bonds. The van der Waals surface area contributed by atoms with E-state index in [9.17, 15) is 5.11 Å². The van der Waals surface area contributed by atoms with E-state index in [2.05, 4.69) is 24.0 Å². The summed E-state index contributed by atoms with van der Waals surface area (Å²) in [5.74, 6) is 0.849. The fourth-order valence-electron chi connectivity index (χ4n) is 4.08. The summed E-state index contributed by atoms with van der Waals surface area (Å²) >= 11 is 0. The Labute approximate surface area is 159 Å². The molecule has 2 rings (SSSR count). The van der Waals surface area contributed by atoms with Crippen LogP contribution in [0.15, 0.2) is 23.5 Å². The lowest BCUT2D eigenvalue weighted by Gasteiger charge is -2.37. The topological polar surface area (TPSA) is 51.2 Å². The van der Waals surface area contributed by atoms with Gasteiger partial charge in [0.25, 0.3) is 0 Å². The number of aliphatic hydroxyl groups excluding tert-OH is 1. The molecule has 0 aromatic heterocycles. The van der Waals surface area contributed by atoms with Crippen LogP contribution in [-0.2, 0) is 14.2 Å². The van der Waals surface area contributed by atoms with E-state index in [1.165, 1.54) is 24.8 Å². The number of hydrogen-bond donors (Lipinski definition) is 1. The quantitative estimate of drug-likeness (QED) is 0.365. The molecule has 1 saturated heterocycles. The van der Waals surface area contributed by atoms with Crippen LogP contribution < -0.4 is 0 Å². The molecule has 26 heavy (non-hydrogen) atoms. The van der Waals surface area contributed by atoms with Crippen LogP contribution in [0.5, 0.6) is 0 Å². The second-order valence-electron chi connectivity index (χ2n) is 7.41. The molecular formula is C21H37NO4. The Morgan fingerprint density at radius 2 is 2.00 bits per heavy atom. The number of methoxy groups -OCH3 is 2. The summed E-state index contributed by atoms with van der Waals surface area (Å²) < 4.78 is 16.8. The van der Waals surface area contributed by atoms with E-state index in [-0.39, 0.29) is 6.10 Å². The van der Waals surface area contributed by atoms with E-state index in [0.717, 1.165) is 51.1 Å². The summed E-state index contributed by atoms with van der Waals surface area (Å²) in [5, 5.41) is 9.84. The molecule has 0 bridgehead atoms. The number of hydrogen-bond acceptors (Lipinski definition) is 5. The van der Waals surface area contributed by atoms with Crippen molar-refractivity contribution < 1.29 is 19.3 Å². The highest BCUT2D eigenvalue weighted by atomic mass is 16.5. The molecule has 1 aliphatic heterocycles. The number of nitrogens with zero attached hydrogens (tertiary/aromatic N) is 1. The SMILES string of the molecule is C/C=C(\C=C(/COC)OC)CCCOC1CCCC[C@H]1N1CCC(O)C1. The maximum Gasteiger partial charge on any atom is 0.121 e. The first kappa shape index (κ1) is 21.4. The largest absolute Gasteiger partial charge is 0.499 e. The molecule has 2 fully saturated rings. The van der Waals surface area contributed by atoms with Gasteiger partial charge in [0.15, 0.2) is 0 Å². The predicted octanol–water partition coefficient (Wildman–Crippen LogP) is 3.28. The van der Waals surface area contributed by atoms with Gasteiger partial charge in [0.1, 0.15) is 12.4 Å². The maximum absolute atomic E-state index is 9.84. The van der Waals surface area contributed by atoms with Gasteiger partial charge in [-0.3, -0.25) is 4.90 Å². The molecule has 2 unspecified atom stereocenters. The highest BCUT2D eigenvalue weighted by Crippen LogP contribution is 2.28. The number of aliphatic hydroxyl groups is 1. The first-order valence-electron chi connectivity index (χ1n) is 10.1. The van der Waals surface area contributed by atoms with Gasteiger partial charge in [-0.05, 0) is 50.7 Å². The Balaban J connectivity index is 1.76. The fraction of sp³-hybridized carbons (Fsp3) is 0.810. The summed E-state index contributed by atoms with van der Waals surface area (Å²) in [6.45, 7) is 5.17. The van der Waals surface area contributed by atoms with E-state index in [0.29, 0.717) is 18.8 Å². The van der Waals surface area contributed by atoms with E-state index in [1.54, 1.807) is 14.2 Å². The molecular weight excluding hydrogens is 330 g/mol. The van der Waals surface area contributed by atoms with Crippen molar-refractivity contribution in [3.8, 4) is 0 Å². The minimum atomic E-state index is -0.149. The predicted molar refractivity (Wildman–Crippen MR) is 104 cm³/mol. The van der Waals surface area contributed by atoms with Crippen LogP contribution in [0.3, 0.4) is 0 Å². The number of ether oxygens (including phenoxy) is 3. The molecule has 0 aromatic carbocycles. The van der Waals surface area contributed by atoms with Gasteiger partial charge in [-0.2, -0.15) is 0 Å². The van der Waals surface area contributed by atoms with Gasteiger partial charge in [0.2, 0.25) is 0 Å². The summed E-state index contributed by atoms with van der Waals surface area (Å²) in [6.07, 6.45) is 12.2. The second-order valence-corrected chi connectivity index (χ2v) is 7.41. The Bertz CT molecular complexity index is 463. The average Bonchev–Trinajstić information content (AvgIpc) is 3.09. The normalized spacial score (nSPS) is 28.5. The zero-order valence-electron chi connectivity index (χ0n) is 16.8. The first-order valence-corrected chi connectivity index (χ1v) is 10.1.